The molecular formula is C17H24N4O3. The Labute approximate surface area is 142 Å². The Kier molecular flexibility index (Phi) is 6.87. The highest BCUT2D eigenvalue weighted by Gasteiger charge is 2.17. The van der Waals surface area contributed by atoms with Crippen molar-refractivity contribution in [1.29, 1.82) is 0 Å². The van der Waals surface area contributed by atoms with Gasteiger partial charge >= 0.3 is 0 Å². The van der Waals surface area contributed by atoms with Gasteiger partial charge in [0, 0.05) is 39.2 Å². The molecule has 2 heterocycles. The fourth-order valence-electron chi connectivity index (χ4n) is 2.29. The molecule has 0 saturated heterocycles. The van der Waals surface area contributed by atoms with Crippen LogP contribution in [-0.4, -0.2) is 52.7 Å². The van der Waals surface area contributed by atoms with Gasteiger partial charge in [0.15, 0.2) is 0 Å². The maximum absolute atomic E-state index is 12.4. The summed E-state index contributed by atoms with van der Waals surface area (Å²) >= 11 is 0. The number of rotatable bonds is 9. The van der Waals surface area contributed by atoms with E-state index in [-0.39, 0.29) is 5.91 Å². The molecule has 0 atom stereocenters. The third kappa shape index (κ3) is 5.42. The summed E-state index contributed by atoms with van der Waals surface area (Å²) in [6, 6.07) is 5.50. The lowest BCUT2D eigenvalue weighted by molar-refractivity contribution is -0.132. The molecule has 24 heavy (non-hydrogen) atoms. The van der Waals surface area contributed by atoms with Gasteiger partial charge in [-0.15, -0.1) is 0 Å². The molecule has 0 saturated carbocycles. The summed E-state index contributed by atoms with van der Waals surface area (Å²) in [6.07, 6.45) is 2.43. The highest BCUT2D eigenvalue weighted by Crippen LogP contribution is 2.13. The Hall–Kier alpha value is -2.28. The van der Waals surface area contributed by atoms with Crippen LogP contribution in [-0.2, 0) is 16.0 Å². The maximum Gasteiger partial charge on any atom is 0.227 e. The number of hydrogen-bond donors (Lipinski definition) is 0. The minimum atomic E-state index is 0.0679. The molecule has 0 aromatic carbocycles. The molecule has 0 aliphatic rings. The fraction of sp³-hybridized carbons (Fsp3) is 0.529. The highest BCUT2D eigenvalue weighted by molar-refractivity contribution is 5.76. The molecule has 0 bridgehead atoms. The molecule has 2 aromatic rings. The van der Waals surface area contributed by atoms with E-state index < -0.39 is 0 Å². The van der Waals surface area contributed by atoms with Crippen molar-refractivity contribution in [3.05, 3.63) is 30.3 Å². The van der Waals surface area contributed by atoms with E-state index in [9.17, 15) is 4.79 Å². The third-order valence-corrected chi connectivity index (χ3v) is 3.42. The number of ether oxygens (including phenoxy) is 1. The molecular weight excluding hydrogens is 308 g/mol. The largest absolute Gasteiger partial charge is 0.383 e. The minimum Gasteiger partial charge on any atom is -0.383 e. The van der Waals surface area contributed by atoms with Gasteiger partial charge in [0.05, 0.1) is 6.61 Å². The summed E-state index contributed by atoms with van der Waals surface area (Å²) in [5.41, 5.74) is 0.653. The zero-order chi connectivity index (χ0) is 17.4. The quantitative estimate of drug-likeness (QED) is 0.700. The van der Waals surface area contributed by atoms with Crippen LogP contribution in [0.3, 0.4) is 0 Å². The number of carbonyl (C=O) groups is 1. The van der Waals surface area contributed by atoms with Crippen LogP contribution >= 0.6 is 0 Å². The lowest BCUT2D eigenvalue weighted by Crippen LogP contribution is -2.36. The van der Waals surface area contributed by atoms with Crippen molar-refractivity contribution < 1.29 is 14.1 Å². The Bertz CT molecular complexity index is 628. The van der Waals surface area contributed by atoms with Crippen LogP contribution in [0.4, 0.5) is 0 Å². The van der Waals surface area contributed by atoms with Gasteiger partial charge in [-0.05, 0) is 18.1 Å². The Morgan fingerprint density at radius 1 is 1.38 bits per heavy atom. The number of pyridine rings is 1. The molecule has 0 radical (unpaired) electrons. The van der Waals surface area contributed by atoms with Crippen LogP contribution in [0.15, 0.2) is 28.9 Å². The van der Waals surface area contributed by atoms with Gasteiger partial charge in [-0.25, -0.2) is 0 Å². The van der Waals surface area contributed by atoms with E-state index in [0.717, 1.165) is 0 Å². The molecule has 2 aromatic heterocycles. The van der Waals surface area contributed by atoms with E-state index >= 15 is 0 Å². The normalized spacial score (nSPS) is 11.0. The van der Waals surface area contributed by atoms with E-state index in [0.29, 0.717) is 55.9 Å². The second-order valence-corrected chi connectivity index (χ2v) is 5.95. The fourth-order valence-corrected chi connectivity index (χ4v) is 2.29. The van der Waals surface area contributed by atoms with Crippen LogP contribution in [0, 0.1) is 5.92 Å². The second-order valence-electron chi connectivity index (χ2n) is 5.95. The minimum absolute atomic E-state index is 0.0679. The molecule has 0 N–H and O–H groups in total. The molecule has 0 aliphatic heterocycles. The molecule has 130 valence electrons. The first-order chi connectivity index (χ1) is 11.6. The van der Waals surface area contributed by atoms with Crippen LogP contribution in [0.5, 0.6) is 0 Å². The summed E-state index contributed by atoms with van der Waals surface area (Å²) in [4.78, 5) is 22.7. The van der Waals surface area contributed by atoms with E-state index in [1.54, 1.807) is 13.3 Å². The van der Waals surface area contributed by atoms with Crippen molar-refractivity contribution in [2.24, 2.45) is 5.92 Å². The number of carbonyl (C=O) groups excluding carboxylic acids is 1. The molecule has 0 spiro atoms. The zero-order valence-electron chi connectivity index (χ0n) is 14.4. The summed E-state index contributed by atoms with van der Waals surface area (Å²) < 4.78 is 10.3. The summed E-state index contributed by atoms with van der Waals surface area (Å²) in [6.45, 7) is 6.01. The van der Waals surface area contributed by atoms with Gasteiger partial charge in [0.25, 0.3) is 0 Å². The van der Waals surface area contributed by atoms with Crippen molar-refractivity contribution in [2.75, 3.05) is 26.8 Å². The average molecular weight is 332 g/mol. The highest BCUT2D eigenvalue weighted by atomic mass is 16.5. The molecule has 0 fully saturated rings. The maximum atomic E-state index is 12.4. The van der Waals surface area contributed by atoms with Gasteiger partial charge < -0.3 is 14.2 Å². The van der Waals surface area contributed by atoms with Gasteiger partial charge in [-0.1, -0.05) is 25.1 Å². The van der Waals surface area contributed by atoms with Crippen molar-refractivity contribution in [1.82, 2.24) is 20.0 Å². The molecule has 7 heteroatoms. The summed E-state index contributed by atoms with van der Waals surface area (Å²) in [5.74, 6) is 1.36. The summed E-state index contributed by atoms with van der Waals surface area (Å²) in [5, 5.41) is 3.91. The molecule has 0 unspecified atom stereocenters. The van der Waals surface area contributed by atoms with Gasteiger partial charge in [0.1, 0.15) is 5.69 Å². The number of hydrogen-bond acceptors (Lipinski definition) is 6. The summed E-state index contributed by atoms with van der Waals surface area (Å²) in [7, 11) is 1.63. The lowest BCUT2D eigenvalue weighted by Gasteiger charge is -2.24. The standard InChI is InChI=1S/C17H24N4O3/c1-13(2)12-21(10-11-23-3)16(22)8-7-15-19-17(20-24-15)14-6-4-5-9-18-14/h4-6,9,13H,7-8,10-12H2,1-3H3. The van der Waals surface area contributed by atoms with Crippen molar-refractivity contribution in [3.8, 4) is 11.5 Å². The Morgan fingerprint density at radius 3 is 2.88 bits per heavy atom. The second kappa shape index (κ2) is 9.12. The van der Waals surface area contributed by atoms with Crippen LogP contribution < -0.4 is 0 Å². The van der Waals surface area contributed by atoms with Crippen LogP contribution in [0.25, 0.3) is 11.5 Å². The lowest BCUT2D eigenvalue weighted by atomic mass is 10.2. The molecule has 2 rings (SSSR count). The number of amides is 1. The van der Waals surface area contributed by atoms with Gasteiger partial charge in [0.2, 0.25) is 17.6 Å². The number of nitrogens with zero attached hydrogens (tertiary/aromatic N) is 4. The molecule has 7 nitrogen and oxygen atoms in total. The van der Waals surface area contributed by atoms with Gasteiger partial charge in [-0.2, -0.15) is 4.98 Å². The van der Waals surface area contributed by atoms with E-state index in [2.05, 4.69) is 29.0 Å². The van der Waals surface area contributed by atoms with Gasteiger partial charge in [-0.3, -0.25) is 9.78 Å². The predicted molar refractivity (Wildman–Crippen MR) is 89.1 cm³/mol. The smallest absolute Gasteiger partial charge is 0.227 e. The number of aromatic nitrogens is 3. The van der Waals surface area contributed by atoms with E-state index in [4.69, 9.17) is 9.26 Å². The first-order valence-corrected chi connectivity index (χ1v) is 8.11. The van der Waals surface area contributed by atoms with E-state index in [1.807, 2.05) is 23.1 Å². The Balaban J connectivity index is 1.91. The third-order valence-electron chi connectivity index (χ3n) is 3.42. The monoisotopic (exact) mass is 332 g/mol. The first kappa shape index (κ1) is 18.1. The predicted octanol–water partition coefficient (Wildman–Crippen LogP) is 2.20. The van der Waals surface area contributed by atoms with Crippen LogP contribution in [0.2, 0.25) is 0 Å². The topological polar surface area (TPSA) is 81.4 Å². The first-order valence-electron chi connectivity index (χ1n) is 8.11. The SMILES string of the molecule is COCCN(CC(C)C)C(=O)CCc1nc(-c2ccccn2)no1. The van der Waals surface area contributed by atoms with Crippen molar-refractivity contribution in [3.63, 3.8) is 0 Å². The van der Waals surface area contributed by atoms with Crippen molar-refractivity contribution in [2.45, 2.75) is 26.7 Å². The number of aryl methyl sites for hydroxylation is 1. The Morgan fingerprint density at radius 2 is 2.21 bits per heavy atom. The number of methoxy groups -OCH3 is 1. The van der Waals surface area contributed by atoms with Crippen LogP contribution in [0.1, 0.15) is 26.2 Å². The zero-order valence-corrected chi connectivity index (χ0v) is 14.4. The molecule has 1 amide bonds. The molecule has 0 aliphatic carbocycles. The van der Waals surface area contributed by atoms with Crippen molar-refractivity contribution >= 4 is 5.91 Å². The van der Waals surface area contributed by atoms with E-state index in [1.165, 1.54) is 0 Å². The average Bonchev–Trinajstić information content (AvgIpc) is 3.06.